The van der Waals surface area contributed by atoms with Gasteiger partial charge in [0.15, 0.2) is 0 Å². The normalized spacial score (nSPS) is 12.2. The Bertz CT molecular complexity index is 2040. The van der Waals surface area contributed by atoms with Crippen LogP contribution < -0.4 is 10.6 Å². The molecule has 0 fully saturated rings. The Morgan fingerprint density at radius 3 is 1.68 bits per heavy atom. The molecule has 0 bridgehead atoms. The van der Waals surface area contributed by atoms with Gasteiger partial charge in [0.1, 0.15) is 0 Å². The van der Waals surface area contributed by atoms with Crippen molar-refractivity contribution in [3.8, 4) is 22.5 Å². The first-order chi connectivity index (χ1) is 18.2. The molecule has 0 aliphatic carbocycles. The second kappa shape index (κ2) is 8.39. The molecule has 0 radical (unpaired) electrons. The van der Waals surface area contributed by atoms with Crippen LogP contribution in [-0.4, -0.2) is 9.13 Å². The molecule has 0 N–H and O–H groups in total. The lowest BCUT2D eigenvalue weighted by Gasteiger charge is -2.10. The topological polar surface area (TPSA) is 9.86 Å². The summed E-state index contributed by atoms with van der Waals surface area (Å²) < 4.78 is 4.64. The highest BCUT2D eigenvalue weighted by Crippen LogP contribution is 2.35. The zero-order valence-electron chi connectivity index (χ0n) is 20.7. The van der Waals surface area contributed by atoms with Gasteiger partial charge in [-0.2, -0.15) is 0 Å². The number of nitrogens with zero attached hydrogens (tertiary/aromatic N) is 2. The lowest BCUT2D eigenvalue weighted by atomic mass is 10.0. The summed E-state index contributed by atoms with van der Waals surface area (Å²) in [6.45, 7) is 6.53. The van der Waals surface area contributed by atoms with E-state index in [2.05, 4.69) is 150 Å². The van der Waals surface area contributed by atoms with E-state index in [1.807, 2.05) is 0 Å². The summed E-state index contributed by atoms with van der Waals surface area (Å²) in [6.07, 6.45) is 2.16. The fourth-order valence-electron chi connectivity index (χ4n) is 5.74. The molecule has 0 amide bonds. The van der Waals surface area contributed by atoms with E-state index in [9.17, 15) is 0 Å². The van der Waals surface area contributed by atoms with Gasteiger partial charge in [0.05, 0.1) is 16.6 Å². The van der Waals surface area contributed by atoms with E-state index < -0.39 is 0 Å². The highest BCUT2D eigenvalue weighted by atomic mass is 15.0. The third kappa shape index (κ3) is 3.26. The Kier molecular flexibility index (Phi) is 4.87. The minimum Gasteiger partial charge on any atom is -0.310 e. The molecule has 0 saturated carbocycles. The van der Waals surface area contributed by atoms with Crippen LogP contribution in [0.1, 0.15) is 6.92 Å². The first-order valence-electron chi connectivity index (χ1n) is 12.7. The second-order valence-corrected chi connectivity index (χ2v) is 9.47. The second-order valence-electron chi connectivity index (χ2n) is 9.47. The van der Waals surface area contributed by atoms with Gasteiger partial charge in [0, 0.05) is 38.1 Å². The Hall–Kier alpha value is -4.82. The Morgan fingerprint density at radius 1 is 0.514 bits per heavy atom. The highest BCUT2D eigenvalue weighted by molar-refractivity contribution is 6.10. The molecule has 0 saturated heterocycles. The van der Waals surface area contributed by atoms with Gasteiger partial charge in [-0.3, -0.25) is 0 Å². The minimum absolute atomic E-state index is 1.01. The molecule has 0 atom stereocenters. The fourth-order valence-corrected chi connectivity index (χ4v) is 5.74. The van der Waals surface area contributed by atoms with Gasteiger partial charge >= 0.3 is 0 Å². The van der Waals surface area contributed by atoms with Crippen LogP contribution in [0.15, 0.2) is 121 Å². The average molecular weight is 475 g/mol. The van der Waals surface area contributed by atoms with Crippen molar-refractivity contribution >= 4 is 45.4 Å². The SMILES string of the molecule is C=c1/c(=C\C)c2ccc(-c3ccc4c5ccccc5n(-c5ccccc5)c4c3)cc2n1-c1ccccc1. The number of rotatable bonds is 3. The van der Waals surface area contributed by atoms with E-state index in [-0.39, 0.29) is 0 Å². The quantitative estimate of drug-likeness (QED) is 0.249. The molecule has 37 heavy (non-hydrogen) atoms. The standard InChI is InChI=1S/C35H26N2/c1-3-29-24(2)36(27-12-6-4-7-13-27)34-22-25(18-20-31(29)34)26-19-21-32-30-16-10-11-17-33(30)37(35(32)23-26)28-14-8-5-9-15-28/h3-23H,2H2,1H3/b29-3+. The number of hydrogen-bond acceptors (Lipinski definition) is 0. The van der Waals surface area contributed by atoms with Crippen molar-refractivity contribution < 1.29 is 0 Å². The van der Waals surface area contributed by atoms with E-state index in [4.69, 9.17) is 0 Å². The third-order valence-electron chi connectivity index (χ3n) is 7.43. The predicted molar refractivity (Wildman–Crippen MR) is 158 cm³/mol. The van der Waals surface area contributed by atoms with Crippen LogP contribution in [0.3, 0.4) is 0 Å². The van der Waals surface area contributed by atoms with Crippen LogP contribution in [0.5, 0.6) is 0 Å². The first-order valence-corrected chi connectivity index (χ1v) is 12.7. The number of hydrogen-bond donors (Lipinski definition) is 0. The van der Waals surface area contributed by atoms with Gasteiger partial charge in [-0.15, -0.1) is 0 Å². The van der Waals surface area contributed by atoms with Crippen molar-refractivity contribution in [3.63, 3.8) is 0 Å². The first kappa shape index (κ1) is 21.5. The lowest BCUT2D eigenvalue weighted by molar-refractivity contribution is 1.07. The largest absolute Gasteiger partial charge is 0.310 e. The van der Waals surface area contributed by atoms with Gasteiger partial charge in [-0.05, 0) is 60.5 Å². The van der Waals surface area contributed by atoms with Crippen LogP contribution in [0, 0.1) is 0 Å². The monoisotopic (exact) mass is 474 g/mol. The van der Waals surface area contributed by atoms with E-state index in [0.29, 0.717) is 0 Å². The van der Waals surface area contributed by atoms with Crippen LogP contribution in [-0.2, 0) is 0 Å². The fraction of sp³-hybridized carbons (Fsp3) is 0.0286. The summed E-state index contributed by atoms with van der Waals surface area (Å²) >= 11 is 0. The molecule has 2 nitrogen and oxygen atoms in total. The van der Waals surface area contributed by atoms with Crippen molar-refractivity contribution in [1.82, 2.24) is 9.13 Å². The zero-order chi connectivity index (χ0) is 24.9. The lowest BCUT2D eigenvalue weighted by Crippen LogP contribution is -2.26. The van der Waals surface area contributed by atoms with Crippen molar-refractivity contribution in [2.45, 2.75) is 6.92 Å². The van der Waals surface area contributed by atoms with Crippen molar-refractivity contribution in [2.75, 3.05) is 0 Å². The summed E-state index contributed by atoms with van der Waals surface area (Å²) in [6, 6.07) is 43.4. The maximum absolute atomic E-state index is 4.45. The van der Waals surface area contributed by atoms with E-state index in [1.54, 1.807) is 0 Å². The van der Waals surface area contributed by atoms with Crippen molar-refractivity contribution in [1.29, 1.82) is 0 Å². The Labute approximate surface area is 215 Å². The molecule has 2 aromatic heterocycles. The number of para-hydroxylation sites is 3. The molecule has 2 heteroatoms. The molecule has 7 rings (SSSR count). The van der Waals surface area contributed by atoms with Crippen molar-refractivity contribution in [2.24, 2.45) is 0 Å². The van der Waals surface area contributed by atoms with Gasteiger partial charge in [0.25, 0.3) is 0 Å². The summed E-state index contributed by atoms with van der Waals surface area (Å²) in [5.41, 5.74) is 8.29. The van der Waals surface area contributed by atoms with E-state index >= 15 is 0 Å². The van der Waals surface area contributed by atoms with Gasteiger partial charge in [-0.1, -0.05) is 91.5 Å². The molecule has 2 heterocycles. The Morgan fingerprint density at radius 2 is 1.03 bits per heavy atom. The highest BCUT2D eigenvalue weighted by Gasteiger charge is 2.14. The summed E-state index contributed by atoms with van der Waals surface area (Å²) in [5.74, 6) is 0. The number of fused-ring (bicyclic) bond motifs is 4. The van der Waals surface area contributed by atoms with Crippen molar-refractivity contribution in [3.05, 3.63) is 132 Å². The zero-order valence-corrected chi connectivity index (χ0v) is 20.7. The predicted octanol–water partition coefficient (Wildman–Crippen LogP) is 7.61. The van der Waals surface area contributed by atoms with Crippen LogP contribution in [0.4, 0.5) is 0 Å². The van der Waals surface area contributed by atoms with Gasteiger partial charge in [-0.25, -0.2) is 0 Å². The third-order valence-corrected chi connectivity index (χ3v) is 7.43. The number of benzene rings is 5. The summed E-state index contributed by atoms with van der Waals surface area (Å²) in [7, 11) is 0. The van der Waals surface area contributed by atoms with Crippen LogP contribution >= 0.6 is 0 Å². The molecule has 7 aromatic rings. The molecule has 0 unspecified atom stereocenters. The molecular weight excluding hydrogens is 448 g/mol. The maximum atomic E-state index is 4.45. The minimum atomic E-state index is 1.01. The van der Waals surface area contributed by atoms with E-state index in [0.717, 1.165) is 11.0 Å². The average Bonchev–Trinajstić information content (AvgIpc) is 3.44. The van der Waals surface area contributed by atoms with Crippen LogP contribution in [0.25, 0.3) is 67.9 Å². The van der Waals surface area contributed by atoms with E-state index in [1.165, 1.54) is 54.7 Å². The molecular formula is C35H26N2. The maximum Gasteiger partial charge on any atom is 0.0547 e. The molecule has 0 spiro atoms. The van der Waals surface area contributed by atoms with Gasteiger partial charge < -0.3 is 9.13 Å². The Balaban J connectivity index is 1.50. The molecule has 0 aliphatic heterocycles. The van der Waals surface area contributed by atoms with Crippen LogP contribution in [0.2, 0.25) is 0 Å². The molecule has 176 valence electrons. The molecule has 5 aromatic carbocycles. The summed E-state index contributed by atoms with van der Waals surface area (Å²) in [4.78, 5) is 0. The van der Waals surface area contributed by atoms with Gasteiger partial charge in [0.2, 0.25) is 0 Å². The smallest absolute Gasteiger partial charge is 0.0547 e. The molecule has 0 aliphatic rings. The summed E-state index contributed by atoms with van der Waals surface area (Å²) in [5, 5.41) is 5.95. The number of aromatic nitrogens is 2.